The molecule has 0 bridgehead atoms. The number of hydrogen-bond acceptors (Lipinski definition) is 4. The van der Waals surface area contributed by atoms with Gasteiger partial charge < -0.3 is 16.2 Å². The van der Waals surface area contributed by atoms with Crippen molar-refractivity contribution < 1.29 is 9.90 Å². The van der Waals surface area contributed by atoms with Crippen LogP contribution in [0.2, 0.25) is 0 Å². The Morgan fingerprint density at radius 3 is 3.00 bits per heavy atom. The van der Waals surface area contributed by atoms with Crippen molar-refractivity contribution >= 4 is 11.9 Å². The monoisotopic (exact) mass is 143 g/mol. The predicted molar refractivity (Wildman–Crippen MR) is 35.7 cm³/mol. The van der Waals surface area contributed by atoms with Gasteiger partial charge in [-0.1, -0.05) is 0 Å². The van der Waals surface area contributed by atoms with Gasteiger partial charge in [0.05, 0.1) is 0 Å². The maximum absolute atomic E-state index is 10.3. The molecule has 4 N–H and O–H groups in total. The van der Waals surface area contributed by atoms with Gasteiger partial charge in [-0.3, -0.25) is 4.99 Å². The van der Waals surface area contributed by atoms with Crippen LogP contribution in [0, 0.1) is 0 Å². The molecule has 0 aromatic rings. The number of carboxylic acid groups (broad SMARTS) is 1. The maximum atomic E-state index is 10.3. The maximum Gasteiger partial charge on any atom is 0.326 e. The number of carboxylic acids is 1. The molecule has 5 nitrogen and oxygen atoms in total. The van der Waals surface area contributed by atoms with E-state index in [1.165, 1.54) is 0 Å². The number of rotatable bonds is 1. The molecule has 1 unspecified atom stereocenters. The Balaban J connectivity index is 2.53. The number of guanidine groups is 1. The van der Waals surface area contributed by atoms with Crippen LogP contribution in [0.15, 0.2) is 4.99 Å². The van der Waals surface area contributed by atoms with E-state index in [1.54, 1.807) is 0 Å². The molecule has 0 radical (unpaired) electrons. The van der Waals surface area contributed by atoms with Crippen LogP contribution < -0.4 is 11.1 Å². The molecule has 1 rings (SSSR count). The highest BCUT2D eigenvalue weighted by molar-refractivity contribution is 5.85. The molecular weight excluding hydrogens is 134 g/mol. The van der Waals surface area contributed by atoms with Gasteiger partial charge in [0.15, 0.2) is 5.96 Å². The average Bonchev–Trinajstić information content (AvgIpc) is 1.88. The van der Waals surface area contributed by atoms with Crippen LogP contribution in [0.25, 0.3) is 0 Å². The van der Waals surface area contributed by atoms with Gasteiger partial charge in [-0.2, -0.15) is 0 Å². The zero-order valence-corrected chi connectivity index (χ0v) is 5.37. The molecule has 0 fully saturated rings. The second-order valence-corrected chi connectivity index (χ2v) is 2.09. The molecule has 0 saturated carbocycles. The number of nitrogens with zero attached hydrogens (tertiary/aromatic N) is 1. The van der Waals surface area contributed by atoms with E-state index in [0.717, 1.165) is 0 Å². The van der Waals surface area contributed by atoms with Gasteiger partial charge in [-0.25, -0.2) is 4.79 Å². The summed E-state index contributed by atoms with van der Waals surface area (Å²) in [5.74, 6) is -0.656. The minimum atomic E-state index is -0.877. The summed E-state index contributed by atoms with van der Waals surface area (Å²) in [6.45, 7) is 0.496. The van der Waals surface area contributed by atoms with Crippen molar-refractivity contribution in [1.82, 2.24) is 5.32 Å². The Bertz CT molecular complexity index is 178. The summed E-state index contributed by atoms with van der Waals surface area (Å²) >= 11 is 0. The summed E-state index contributed by atoms with van der Waals surface area (Å²) in [4.78, 5) is 14.1. The third-order valence-corrected chi connectivity index (χ3v) is 1.32. The first-order valence-corrected chi connectivity index (χ1v) is 2.99. The minimum absolute atomic E-state index is 0.221. The van der Waals surface area contributed by atoms with Gasteiger partial charge in [-0.05, 0) is 6.42 Å². The largest absolute Gasteiger partial charge is 0.480 e. The molecule has 0 spiro atoms. The standard InChI is InChI=1S/C5H9N3O2/c6-5-7-2-1-3(8-5)4(9)10/h3H,1-2H2,(H,9,10)(H3,6,7,8). The molecule has 56 valence electrons. The molecule has 0 aromatic carbocycles. The van der Waals surface area contributed by atoms with Crippen LogP contribution >= 0.6 is 0 Å². The first-order valence-electron chi connectivity index (χ1n) is 2.99. The van der Waals surface area contributed by atoms with Crippen molar-refractivity contribution in [2.24, 2.45) is 10.7 Å². The smallest absolute Gasteiger partial charge is 0.326 e. The molecule has 0 aromatic heterocycles. The van der Waals surface area contributed by atoms with E-state index in [4.69, 9.17) is 10.8 Å². The number of hydrogen-bond donors (Lipinski definition) is 3. The summed E-state index contributed by atoms with van der Waals surface area (Å²) in [5.41, 5.74) is 5.24. The number of nitrogens with two attached hydrogens (primary N) is 1. The van der Waals surface area contributed by atoms with E-state index in [2.05, 4.69) is 10.3 Å². The van der Waals surface area contributed by atoms with Crippen molar-refractivity contribution in [3.8, 4) is 0 Å². The Morgan fingerprint density at radius 2 is 2.60 bits per heavy atom. The third kappa shape index (κ3) is 1.37. The Labute approximate surface area is 57.9 Å². The van der Waals surface area contributed by atoms with E-state index in [9.17, 15) is 4.79 Å². The minimum Gasteiger partial charge on any atom is -0.480 e. The number of carbonyl (C=O) groups is 1. The van der Waals surface area contributed by atoms with Gasteiger partial charge in [0.1, 0.15) is 6.04 Å². The summed E-state index contributed by atoms with van der Waals surface area (Å²) in [5, 5.41) is 11.0. The Hall–Kier alpha value is -1.26. The van der Waals surface area contributed by atoms with Gasteiger partial charge >= 0.3 is 5.97 Å². The van der Waals surface area contributed by atoms with Crippen molar-refractivity contribution in [1.29, 1.82) is 0 Å². The van der Waals surface area contributed by atoms with Crippen LogP contribution in [0.4, 0.5) is 0 Å². The molecule has 0 aliphatic carbocycles. The first kappa shape index (κ1) is 6.85. The SMILES string of the molecule is NC1=NCCC(C(=O)O)N1. The fourth-order valence-electron chi connectivity index (χ4n) is 0.796. The molecule has 1 atom stereocenters. The van der Waals surface area contributed by atoms with Crippen molar-refractivity contribution in [3.63, 3.8) is 0 Å². The van der Waals surface area contributed by atoms with E-state index in [-0.39, 0.29) is 5.96 Å². The van der Waals surface area contributed by atoms with E-state index >= 15 is 0 Å². The fourth-order valence-corrected chi connectivity index (χ4v) is 0.796. The van der Waals surface area contributed by atoms with Crippen LogP contribution in [0.3, 0.4) is 0 Å². The molecule has 10 heavy (non-hydrogen) atoms. The van der Waals surface area contributed by atoms with Crippen LogP contribution in [0.1, 0.15) is 6.42 Å². The lowest BCUT2D eigenvalue weighted by atomic mass is 10.2. The topological polar surface area (TPSA) is 87.7 Å². The van der Waals surface area contributed by atoms with Gasteiger partial charge in [-0.15, -0.1) is 0 Å². The predicted octanol–water partition coefficient (Wildman–Crippen LogP) is -1.25. The molecule has 1 aliphatic heterocycles. The van der Waals surface area contributed by atoms with E-state index < -0.39 is 12.0 Å². The summed E-state index contributed by atoms with van der Waals surface area (Å²) < 4.78 is 0. The van der Waals surface area contributed by atoms with Crippen LogP contribution in [-0.4, -0.2) is 29.6 Å². The number of aliphatic carboxylic acids is 1. The molecule has 1 heterocycles. The Kier molecular flexibility index (Phi) is 1.75. The summed E-state index contributed by atoms with van der Waals surface area (Å²) in [6.07, 6.45) is 0.510. The molecule has 1 aliphatic rings. The molecule has 5 heteroatoms. The van der Waals surface area contributed by atoms with Crippen LogP contribution in [0.5, 0.6) is 0 Å². The number of aliphatic imine (C=N–C) groups is 1. The molecule has 0 saturated heterocycles. The third-order valence-electron chi connectivity index (χ3n) is 1.32. The zero-order valence-electron chi connectivity index (χ0n) is 5.37. The van der Waals surface area contributed by atoms with Gasteiger partial charge in [0.2, 0.25) is 0 Å². The highest BCUT2D eigenvalue weighted by Crippen LogP contribution is 1.97. The second-order valence-electron chi connectivity index (χ2n) is 2.09. The Morgan fingerprint density at radius 1 is 1.90 bits per heavy atom. The second kappa shape index (κ2) is 2.55. The van der Waals surface area contributed by atoms with Gasteiger partial charge in [0.25, 0.3) is 0 Å². The van der Waals surface area contributed by atoms with E-state index in [0.29, 0.717) is 13.0 Å². The zero-order chi connectivity index (χ0) is 7.56. The first-order chi connectivity index (χ1) is 4.70. The highest BCUT2D eigenvalue weighted by Gasteiger charge is 2.19. The lowest BCUT2D eigenvalue weighted by Gasteiger charge is -2.17. The van der Waals surface area contributed by atoms with Crippen molar-refractivity contribution in [3.05, 3.63) is 0 Å². The molecule has 0 amide bonds. The molecular formula is C5H9N3O2. The lowest BCUT2D eigenvalue weighted by Crippen LogP contribution is -2.47. The highest BCUT2D eigenvalue weighted by atomic mass is 16.4. The van der Waals surface area contributed by atoms with E-state index in [1.807, 2.05) is 0 Å². The lowest BCUT2D eigenvalue weighted by molar-refractivity contribution is -0.139. The average molecular weight is 143 g/mol. The fraction of sp³-hybridized carbons (Fsp3) is 0.600. The number of nitrogens with one attached hydrogen (secondary N) is 1. The van der Waals surface area contributed by atoms with Crippen molar-refractivity contribution in [2.45, 2.75) is 12.5 Å². The van der Waals surface area contributed by atoms with Gasteiger partial charge in [0, 0.05) is 6.54 Å². The van der Waals surface area contributed by atoms with Crippen LogP contribution in [-0.2, 0) is 4.79 Å². The normalized spacial score (nSPS) is 24.8. The quantitative estimate of drug-likeness (QED) is 0.428. The van der Waals surface area contributed by atoms with Crippen molar-refractivity contribution in [2.75, 3.05) is 6.54 Å². The summed E-state index contributed by atoms with van der Waals surface area (Å²) in [6, 6.07) is -0.558. The summed E-state index contributed by atoms with van der Waals surface area (Å²) in [7, 11) is 0.